The molecule has 104 valence electrons. The molecule has 0 bridgehead atoms. The fraction of sp³-hybridized carbons (Fsp3) is 0.286. The number of thiophene rings is 1. The first-order valence-electron chi connectivity index (χ1n) is 6.22. The third kappa shape index (κ3) is 3.70. The van der Waals surface area contributed by atoms with Crippen LogP contribution in [0.1, 0.15) is 10.4 Å². The molecule has 0 aliphatic rings. The quantitative estimate of drug-likeness (QED) is 0.851. The monoisotopic (exact) mass is 288 g/mol. The maximum atomic E-state index is 8.89. The van der Waals surface area contributed by atoms with Crippen molar-refractivity contribution in [2.45, 2.75) is 6.54 Å². The molecule has 0 spiro atoms. The highest BCUT2D eigenvalue weighted by Gasteiger charge is 2.02. The first kappa shape index (κ1) is 14.3. The fourth-order valence-corrected chi connectivity index (χ4v) is 2.45. The zero-order chi connectivity index (χ0) is 14.4. The minimum atomic E-state index is 0.121. The van der Waals surface area contributed by atoms with Crippen molar-refractivity contribution in [1.29, 1.82) is 5.26 Å². The second-order valence-electron chi connectivity index (χ2n) is 4.31. The normalized spacial score (nSPS) is 10.1. The van der Waals surface area contributed by atoms with E-state index in [9.17, 15) is 0 Å². The van der Waals surface area contributed by atoms with Crippen LogP contribution in [0.15, 0.2) is 29.8 Å². The van der Waals surface area contributed by atoms with Gasteiger partial charge in [-0.1, -0.05) is 0 Å². The van der Waals surface area contributed by atoms with E-state index in [1.165, 1.54) is 0 Å². The summed E-state index contributed by atoms with van der Waals surface area (Å²) < 4.78 is 0. The van der Waals surface area contributed by atoms with Crippen LogP contribution in [0, 0.1) is 11.3 Å². The molecule has 0 unspecified atom stereocenters. The Morgan fingerprint density at radius 2 is 2.35 bits per heavy atom. The summed E-state index contributed by atoms with van der Waals surface area (Å²) in [5.74, 6) is 0.790. The van der Waals surface area contributed by atoms with Crippen molar-refractivity contribution in [1.82, 2.24) is 4.98 Å². The number of pyridine rings is 1. The van der Waals surface area contributed by atoms with Gasteiger partial charge >= 0.3 is 0 Å². The van der Waals surface area contributed by atoms with Crippen LogP contribution in [0.2, 0.25) is 0 Å². The van der Waals surface area contributed by atoms with E-state index in [-0.39, 0.29) is 6.61 Å². The van der Waals surface area contributed by atoms with Crippen LogP contribution in [0.5, 0.6) is 0 Å². The first-order chi connectivity index (χ1) is 9.72. The molecule has 2 aromatic heterocycles. The van der Waals surface area contributed by atoms with Gasteiger partial charge in [0.15, 0.2) is 0 Å². The highest BCUT2D eigenvalue weighted by molar-refractivity contribution is 7.10. The molecule has 0 radical (unpaired) electrons. The Morgan fingerprint density at radius 3 is 2.95 bits per heavy atom. The maximum absolute atomic E-state index is 8.89. The average Bonchev–Trinajstić information content (AvgIpc) is 2.94. The lowest BCUT2D eigenvalue weighted by molar-refractivity contribution is 0.304. The molecule has 0 aliphatic carbocycles. The number of anilines is 2. The molecule has 5 nitrogen and oxygen atoms in total. The molecule has 0 atom stereocenters. The van der Waals surface area contributed by atoms with Gasteiger partial charge in [0.2, 0.25) is 0 Å². The van der Waals surface area contributed by atoms with Gasteiger partial charge in [-0.25, -0.2) is 4.98 Å². The number of aromatic nitrogens is 1. The zero-order valence-corrected chi connectivity index (χ0v) is 12.0. The zero-order valence-electron chi connectivity index (χ0n) is 11.2. The topological polar surface area (TPSA) is 72.2 Å². The Morgan fingerprint density at radius 1 is 1.50 bits per heavy atom. The smallest absolute Gasteiger partial charge is 0.126 e. The van der Waals surface area contributed by atoms with Gasteiger partial charge in [-0.3, -0.25) is 0 Å². The van der Waals surface area contributed by atoms with E-state index < -0.39 is 0 Å². The maximum Gasteiger partial charge on any atom is 0.126 e. The van der Waals surface area contributed by atoms with Crippen LogP contribution >= 0.6 is 11.3 Å². The molecule has 0 aliphatic heterocycles. The number of aliphatic hydroxyl groups is 1. The van der Waals surface area contributed by atoms with Crippen LogP contribution in [-0.4, -0.2) is 30.3 Å². The third-order valence-electron chi connectivity index (χ3n) is 2.85. The number of nitrogens with one attached hydrogen (secondary N) is 1. The minimum absolute atomic E-state index is 0.121. The van der Waals surface area contributed by atoms with Crippen LogP contribution in [0.4, 0.5) is 11.5 Å². The summed E-state index contributed by atoms with van der Waals surface area (Å²) >= 11 is 1.56. The predicted molar refractivity (Wildman–Crippen MR) is 81.0 cm³/mol. The molecule has 0 saturated carbocycles. The second-order valence-corrected chi connectivity index (χ2v) is 5.31. The number of aliphatic hydroxyl groups excluding tert-OH is 1. The lowest BCUT2D eigenvalue weighted by atomic mass is 10.3. The number of hydrogen-bond acceptors (Lipinski definition) is 6. The molecule has 20 heavy (non-hydrogen) atoms. The van der Waals surface area contributed by atoms with E-state index in [4.69, 9.17) is 10.4 Å². The van der Waals surface area contributed by atoms with Gasteiger partial charge in [-0.2, -0.15) is 5.26 Å². The summed E-state index contributed by atoms with van der Waals surface area (Å²) in [6.07, 6.45) is 1.77. The molecule has 0 amide bonds. The number of likely N-dealkylation sites (N-methyl/N-ethyl adjacent to an activating group) is 1. The highest BCUT2D eigenvalue weighted by atomic mass is 32.1. The number of rotatable bonds is 6. The Labute approximate surface area is 122 Å². The van der Waals surface area contributed by atoms with Gasteiger partial charge in [0, 0.05) is 23.8 Å². The van der Waals surface area contributed by atoms with E-state index in [2.05, 4.69) is 16.4 Å². The van der Waals surface area contributed by atoms with Crippen molar-refractivity contribution in [2.75, 3.05) is 30.4 Å². The second kappa shape index (κ2) is 6.89. The average molecular weight is 288 g/mol. The summed E-state index contributed by atoms with van der Waals surface area (Å²) in [5, 5.41) is 22.7. The number of hydrogen-bond donors (Lipinski definition) is 2. The summed E-state index contributed by atoms with van der Waals surface area (Å²) in [6.45, 7) is 1.36. The molecule has 2 rings (SSSR count). The number of nitrogens with zero attached hydrogens (tertiary/aromatic N) is 3. The minimum Gasteiger partial charge on any atom is -0.395 e. The Kier molecular flexibility index (Phi) is 4.93. The van der Waals surface area contributed by atoms with Crippen molar-refractivity contribution >= 4 is 22.8 Å². The van der Waals surface area contributed by atoms with Crippen LogP contribution in [0.3, 0.4) is 0 Å². The molecule has 0 saturated heterocycles. The third-order valence-corrected chi connectivity index (χ3v) is 3.79. The molecule has 2 aromatic rings. The molecule has 2 N–H and O–H groups in total. The standard InChI is InChI=1S/C14H16N4OS/c1-18(4-5-19)12-2-3-14(16-8-12)17-9-13-6-11(7-15)10-20-13/h2-3,6,8,10,19H,4-5,9H2,1H3,(H,16,17). The first-order valence-corrected chi connectivity index (χ1v) is 7.10. The summed E-state index contributed by atoms with van der Waals surface area (Å²) in [5.41, 5.74) is 1.66. The number of nitriles is 1. The molecule has 6 heteroatoms. The molecule has 0 aromatic carbocycles. The van der Waals surface area contributed by atoms with Crippen molar-refractivity contribution < 1.29 is 5.11 Å². The molecule has 2 heterocycles. The predicted octanol–water partition coefficient (Wildman–Crippen LogP) is 2.06. The van der Waals surface area contributed by atoms with Gasteiger partial charge in [-0.05, 0) is 18.2 Å². The Bertz CT molecular complexity index is 588. The Hall–Kier alpha value is -2.10. The van der Waals surface area contributed by atoms with E-state index in [1.807, 2.05) is 35.5 Å². The van der Waals surface area contributed by atoms with E-state index >= 15 is 0 Å². The lowest BCUT2D eigenvalue weighted by Gasteiger charge is -2.17. The van der Waals surface area contributed by atoms with Crippen molar-refractivity contribution in [2.24, 2.45) is 0 Å². The van der Waals surface area contributed by atoms with Crippen LogP contribution in [-0.2, 0) is 6.54 Å². The molecule has 0 fully saturated rings. The molecular weight excluding hydrogens is 272 g/mol. The van der Waals surface area contributed by atoms with Gasteiger partial charge in [-0.15, -0.1) is 11.3 Å². The largest absolute Gasteiger partial charge is 0.395 e. The fourth-order valence-electron chi connectivity index (χ4n) is 1.71. The SMILES string of the molecule is CN(CCO)c1ccc(NCc2cc(C#N)cs2)nc1. The van der Waals surface area contributed by atoms with Gasteiger partial charge < -0.3 is 15.3 Å². The lowest BCUT2D eigenvalue weighted by Crippen LogP contribution is -2.21. The van der Waals surface area contributed by atoms with Gasteiger partial charge in [0.05, 0.1) is 30.6 Å². The summed E-state index contributed by atoms with van der Waals surface area (Å²) in [4.78, 5) is 7.37. The van der Waals surface area contributed by atoms with E-state index in [1.54, 1.807) is 17.5 Å². The van der Waals surface area contributed by atoms with Crippen molar-refractivity contribution in [3.63, 3.8) is 0 Å². The van der Waals surface area contributed by atoms with Crippen LogP contribution < -0.4 is 10.2 Å². The van der Waals surface area contributed by atoms with E-state index in [0.717, 1.165) is 16.4 Å². The van der Waals surface area contributed by atoms with E-state index in [0.29, 0.717) is 18.7 Å². The summed E-state index contributed by atoms with van der Waals surface area (Å²) in [6, 6.07) is 7.86. The van der Waals surface area contributed by atoms with Gasteiger partial charge in [0.1, 0.15) is 11.9 Å². The van der Waals surface area contributed by atoms with Crippen molar-refractivity contribution in [3.05, 3.63) is 40.2 Å². The molecular formula is C14H16N4OS. The van der Waals surface area contributed by atoms with Crippen LogP contribution in [0.25, 0.3) is 0 Å². The van der Waals surface area contributed by atoms with Crippen molar-refractivity contribution in [3.8, 4) is 6.07 Å². The Balaban J connectivity index is 1.92. The highest BCUT2D eigenvalue weighted by Crippen LogP contribution is 2.17. The summed E-state index contributed by atoms with van der Waals surface area (Å²) in [7, 11) is 1.91. The van der Waals surface area contributed by atoms with Gasteiger partial charge in [0.25, 0.3) is 0 Å².